The highest BCUT2D eigenvalue weighted by molar-refractivity contribution is 5.70. The number of rotatable bonds is 10. The van der Waals surface area contributed by atoms with Crippen LogP contribution in [0.4, 0.5) is 0 Å². The van der Waals surface area contributed by atoms with Crippen LogP contribution in [0.3, 0.4) is 0 Å². The minimum Gasteiger partial charge on any atom is -0.481 e. The Kier molecular flexibility index (Phi) is 8.25. The lowest BCUT2D eigenvalue weighted by Gasteiger charge is -2.65. The topological polar surface area (TPSA) is 151 Å². The van der Waals surface area contributed by atoms with Crippen molar-refractivity contribution in [2.45, 2.75) is 126 Å². The van der Waals surface area contributed by atoms with Gasteiger partial charge in [0.15, 0.2) is 0 Å². The van der Waals surface area contributed by atoms with Gasteiger partial charge in [0, 0.05) is 30.7 Å². The van der Waals surface area contributed by atoms with Crippen LogP contribution < -0.4 is 5.63 Å². The van der Waals surface area contributed by atoms with E-state index in [9.17, 15) is 29.4 Å². The fourth-order valence-corrected chi connectivity index (χ4v) is 9.48. The fourth-order valence-electron chi connectivity index (χ4n) is 9.48. The largest absolute Gasteiger partial charge is 0.481 e. The normalized spacial score (nSPS) is 39.7. The average Bonchev–Trinajstić information content (AvgIpc) is 3.21. The SMILES string of the molecule is C[C@]12CCC3C(CC[C@]4(O)C[C@@H](OC(=O)CCCCCCC(=O)O)CC[C@]34C=O)[C@@]1(O)CC[C@@H]2c1ccc(=O)oc1. The molecule has 0 aliphatic heterocycles. The summed E-state index contributed by atoms with van der Waals surface area (Å²) in [5, 5.41) is 33.1. The monoisotopic (exact) mass is 572 g/mol. The van der Waals surface area contributed by atoms with Gasteiger partial charge >= 0.3 is 17.6 Å². The zero-order valence-electron chi connectivity index (χ0n) is 24.0. The molecule has 4 saturated carbocycles. The number of aliphatic hydroxyl groups is 2. The molecule has 3 N–H and O–H groups in total. The lowest BCUT2D eigenvalue weighted by molar-refractivity contribution is -0.248. The van der Waals surface area contributed by atoms with Gasteiger partial charge in [0.1, 0.15) is 12.4 Å². The Bertz CT molecular complexity index is 1190. The van der Waals surface area contributed by atoms with Crippen LogP contribution in [-0.4, -0.2) is 50.9 Å². The van der Waals surface area contributed by atoms with Crippen molar-refractivity contribution in [3.8, 4) is 0 Å². The van der Waals surface area contributed by atoms with Crippen LogP contribution in [0.1, 0.15) is 115 Å². The van der Waals surface area contributed by atoms with Crippen LogP contribution in [0.25, 0.3) is 0 Å². The van der Waals surface area contributed by atoms with E-state index in [1.807, 2.05) is 0 Å². The number of fused-ring (bicyclic) bond motifs is 5. The molecule has 1 aromatic heterocycles. The molecule has 41 heavy (non-hydrogen) atoms. The van der Waals surface area contributed by atoms with Gasteiger partial charge in [-0.3, -0.25) is 9.59 Å². The van der Waals surface area contributed by atoms with Crippen LogP contribution in [0, 0.1) is 22.7 Å². The van der Waals surface area contributed by atoms with Crippen molar-refractivity contribution in [1.82, 2.24) is 0 Å². The molecule has 9 nitrogen and oxygen atoms in total. The molecule has 0 spiro atoms. The molecule has 0 saturated heterocycles. The molecule has 1 aromatic rings. The summed E-state index contributed by atoms with van der Waals surface area (Å²) in [4.78, 5) is 47.7. The smallest absolute Gasteiger partial charge is 0.335 e. The third-order valence-corrected chi connectivity index (χ3v) is 11.6. The van der Waals surface area contributed by atoms with E-state index in [0.717, 1.165) is 31.1 Å². The number of carboxylic acids is 1. The Balaban J connectivity index is 1.25. The standard InChI is InChI=1S/C32H44O9/c1-29-14-11-24-25(32(29,39)17-13-23(29)21-8-9-27(36)40-19-21)12-16-31(38)18-22(10-15-30(24,31)20-33)41-28(37)7-5-3-2-4-6-26(34)35/h8-9,19-20,22-25,38-39H,2-7,10-18H2,1H3,(H,34,35)/t22-,23+,24?,25?,29+,30-,31-,32-/m0/s1. The summed E-state index contributed by atoms with van der Waals surface area (Å²) in [6, 6.07) is 3.23. The van der Waals surface area contributed by atoms with Crippen molar-refractivity contribution in [3.05, 3.63) is 34.4 Å². The zero-order chi connectivity index (χ0) is 29.5. The Morgan fingerprint density at radius 1 is 0.976 bits per heavy atom. The van der Waals surface area contributed by atoms with Gasteiger partial charge in [-0.1, -0.05) is 19.8 Å². The molecule has 0 aromatic carbocycles. The summed E-state index contributed by atoms with van der Waals surface area (Å²) < 4.78 is 10.9. The summed E-state index contributed by atoms with van der Waals surface area (Å²) in [6.07, 6.45) is 10.0. The number of ether oxygens (including phenoxy) is 1. The Morgan fingerprint density at radius 2 is 1.71 bits per heavy atom. The Labute approximate surface area is 240 Å². The summed E-state index contributed by atoms with van der Waals surface area (Å²) in [5.41, 5.74) is -3.19. The summed E-state index contributed by atoms with van der Waals surface area (Å²) in [7, 11) is 0. The predicted molar refractivity (Wildman–Crippen MR) is 148 cm³/mol. The summed E-state index contributed by atoms with van der Waals surface area (Å²) in [5.74, 6) is -1.38. The molecule has 9 heteroatoms. The first-order valence-electron chi connectivity index (χ1n) is 15.4. The number of carbonyl (C=O) groups excluding carboxylic acids is 2. The predicted octanol–water partition coefficient (Wildman–Crippen LogP) is 4.51. The molecule has 0 radical (unpaired) electrons. The molecule has 1 heterocycles. The number of aldehydes is 1. The molecule has 5 rings (SSSR count). The van der Waals surface area contributed by atoms with Crippen molar-refractivity contribution in [3.63, 3.8) is 0 Å². The first-order valence-corrected chi connectivity index (χ1v) is 15.4. The molecule has 0 amide bonds. The van der Waals surface area contributed by atoms with Crippen molar-refractivity contribution in [2.24, 2.45) is 22.7 Å². The minimum absolute atomic E-state index is 0.0399. The number of unbranched alkanes of at least 4 members (excludes halogenated alkanes) is 3. The van der Waals surface area contributed by atoms with Crippen LogP contribution in [0.5, 0.6) is 0 Å². The number of hydrogen-bond donors (Lipinski definition) is 3. The number of carboxylic acid groups (broad SMARTS) is 1. The highest BCUT2D eigenvalue weighted by Gasteiger charge is 2.71. The van der Waals surface area contributed by atoms with E-state index in [1.54, 1.807) is 6.07 Å². The quantitative estimate of drug-likeness (QED) is 0.209. The molecule has 2 unspecified atom stereocenters. The second-order valence-electron chi connectivity index (χ2n) is 13.5. The van der Waals surface area contributed by atoms with E-state index < -0.39 is 39.7 Å². The van der Waals surface area contributed by atoms with Crippen LogP contribution in [-0.2, 0) is 19.1 Å². The minimum atomic E-state index is -1.29. The van der Waals surface area contributed by atoms with E-state index in [4.69, 9.17) is 14.3 Å². The van der Waals surface area contributed by atoms with Crippen molar-refractivity contribution < 1.29 is 38.9 Å². The van der Waals surface area contributed by atoms with E-state index in [1.165, 1.54) is 12.3 Å². The molecule has 4 aliphatic carbocycles. The highest BCUT2D eigenvalue weighted by atomic mass is 16.5. The Morgan fingerprint density at radius 3 is 2.39 bits per heavy atom. The molecule has 226 valence electrons. The molecule has 4 aliphatic rings. The number of aliphatic carboxylic acids is 1. The van der Waals surface area contributed by atoms with Gasteiger partial charge in [-0.2, -0.15) is 0 Å². The highest BCUT2D eigenvalue weighted by Crippen LogP contribution is 2.71. The first kappa shape index (κ1) is 30.0. The van der Waals surface area contributed by atoms with Crippen LogP contribution in [0.15, 0.2) is 27.6 Å². The second kappa shape index (κ2) is 11.3. The van der Waals surface area contributed by atoms with Gasteiger partial charge in [-0.05, 0) is 93.6 Å². The fraction of sp³-hybridized carbons (Fsp3) is 0.750. The van der Waals surface area contributed by atoms with Crippen molar-refractivity contribution in [1.29, 1.82) is 0 Å². The number of hydrogen-bond acceptors (Lipinski definition) is 8. The molecular formula is C32H44O9. The third kappa shape index (κ3) is 5.07. The first-order chi connectivity index (χ1) is 19.5. The van der Waals surface area contributed by atoms with Crippen LogP contribution >= 0.6 is 0 Å². The van der Waals surface area contributed by atoms with E-state index >= 15 is 0 Å². The average molecular weight is 573 g/mol. The van der Waals surface area contributed by atoms with Crippen molar-refractivity contribution in [2.75, 3.05) is 0 Å². The van der Waals surface area contributed by atoms with Gasteiger partial charge < -0.3 is 29.3 Å². The Hall–Kier alpha value is -2.52. The molecular weight excluding hydrogens is 528 g/mol. The maximum Gasteiger partial charge on any atom is 0.335 e. The third-order valence-electron chi connectivity index (χ3n) is 11.6. The second-order valence-corrected chi connectivity index (χ2v) is 13.5. The molecule has 8 atom stereocenters. The van der Waals surface area contributed by atoms with E-state index in [2.05, 4.69) is 6.92 Å². The number of esters is 1. The van der Waals surface area contributed by atoms with Crippen molar-refractivity contribution >= 4 is 18.2 Å². The van der Waals surface area contributed by atoms with Gasteiger partial charge in [0.2, 0.25) is 0 Å². The van der Waals surface area contributed by atoms with Gasteiger partial charge in [-0.15, -0.1) is 0 Å². The lowest BCUT2D eigenvalue weighted by atomic mass is 9.41. The van der Waals surface area contributed by atoms with Gasteiger partial charge in [0.25, 0.3) is 0 Å². The lowest BCUT2D eigenvalue weighted by Crippen LogP contribution is -2.68. The number of carbonyl (C=O) groups is 3. The van der Waals surface area contributed by atoms with E-state index in [-0.39, 0.29) is 43.0 Å². The maximum atomic E-state index is 12.9. The van der Waals surface area contributed by atoms with Gasteiger partial charge in [-0.25, -0.2) is 4.79 Å². The molecule has 0 bridgehead atoms. The summed E-state index contributed by atoms with van der Waals surface area (Å²) in [6.45, 7) is 2.13. The van der Waals surface area contributed by atoms with Crippen LogP contribution in [0.2, 0.25) is 0 Å². The zero-order valence-corrected chi connectivity index (χ0v) is 24.0. The van der Waals surface area contributed by atoms with E-state index in [0.29, 0.717) is 57.8 Å². The van der Waals surface area contributed by atoms with Gasteiger partial charge in [0.05, 0.1) is 22.9 Å². The molecule has 4 fully saturated rings. The summed E-state index contributed by atoms with van der Waals surface area (Å²) >= 11 is 0. The maximum absolute atomic E-state index is 12.9.